The van der Waals surface area contributed by atoms with Gasteiger partial charge >= 0.3 is 0 Å². The molecule has 0 saturated heterocycles. The minimum absolute atomic E-state index is 0.0282. The molecule has 1 amide bonds. The molecule has 2 aromatic rings. The zero-order valence-corrected chi connectivity index (χ0v) is 16.6. The van der Waals surface area contributed by atoms with Gasteiger partial charge in [-0.3, -0.25) is 4.79 Å². The van der Waals surface area contributed by atoms with Gasteiger partial charge in [-0.15, -0.1) is 0 Å². The Morgan fingerprint density at radius 1 is 1.32 bits per heavy atom. The molecule has 0 bridgehead atoms. The third-order valence-corrected chi connectivity index (χ3v) is 6.16. The second kappa shape index (κ2) is 7.66. The number of hydrogen-bond donors (Lipinski definition) is 1. The van der Waals surface area contributed by atoms with Gasteiger partial charge in [-0.05, 0) is 68.2 Å². The predicted octanol–water partition coefficient (Wildman–Crippen LogP) is 4.19. The van der Waals surface area contributed by atoms with Crippen LogP contribution < -0.4 is 10.1 Å². The van der Waals surface area contributed by atoms with Crippen molar-refractivity contribution in [2.24, 2.45) is 17.8 Å². The van der Waals surface area contributed by atoms with E-state index < -0.39 is 5.82 Å². The van der Waals surface area contributed by atoms with E-state index in [1.54, 1.807) is 31.2 Å². The van der Waals surface area contributed by atoms with Crippen molar-refractivity contribution in [3.05, 3.63) is 52.7 Å². The molecule has 1 N–H and O–H groups in total. The van der Waals surface area contributed by atoms with Crippen molar-refractivity contribution >= 4 is 17.5 Å². The van der Waals surface area contributed by atoms with Gasteiger partial charge in [0.2, 0.25) is 5.82 Å². The quantitative estimate of drug-likeness (QED) is 0.785. The van der Waals surface area contributed by atoms with E-state index in [9.17, 15) is 9.18 Å². The van der Waals surface area contributed by atoms with Crippen LogP contribution in [0.4, 0.5) is 4.39 Å². The average Bonchev–Trinajstić information content (AvgIpc) is 3.17. The number of rotatable bonds is 6. The Morgan fingerprint density at radius 3 is 2.64 bits per heavy atom. The molecule has 7 heteroatoms. The van der Waals surface area contributed by atoms with Crippen LogP contribution in [0.5, 0.6) is 5.88 Å². The molecule has 2 fully saturated rings. The van der Waals surface area contributed by atoms with Crippen molar-refractivity contribution in [2.45, 2.75) is 45.3 Å². The minimum Gasteiger partial charge on any atom is -0.472 e. The normalized spacial score (nSPS) is 26.4. The lowest BCUT2D eigenvalue weighted by molar-refractivity contribution is 0.0923. The van der Waals surface area contributed by atoms with Crippen molar-refractivity contribution in [1.29, 1.82) is 0 Å². The van der Waals surface area contributed by atoms with Crippen LogP contribution in [0.3, 0.4) is 0 Å². The Bertz CT molecular complexity index is 864. The molecule has 1 heterocycles. The number of fused-ring (bicyclic) bond motifs is 1. The molecule has 0 spiro atoms. The summed E-state index contributed by atoms with van der Waals surface area (Å²) in [6, 6.07) is 7.05. The Kier molecular flexibility index (Phi) is 5.23. The maximum atomic E-state index is 13.8. The molecule has 1 aromatic heterocycles. The fourth-order valence-electron chi connectivity index (χ4n) is 4.53. The van der Waals surface area contributed by atoms with Crippen molar-refractivity contribution in [1.82, 2.24) is 15.3 Å². The van der Waals surface area contributed by atoms with Gasteiger partial charge in [-0.1, -0.05) is 18.5 Å². The first-order valence-electron chi connectivity index (χ1n) is 9.68. The molecule has 2 saturated carbocycles. The van der Waals surface area contributed by atoms with Crippen molar-refractivity contribution < 1.29 is 13.9 Å². The number of nitrogens with one attached hydrogen (secondary N) is 1. The molecule has 0 radical (unpaired) electrons. The van der Waals surface area contributed by atoms with Gasteiger partial charge < -0.3 is 10.1 Å². The lowest BCUT2D eigenvalue weighted by Gasteiger charge is -2.22. The lowest BCUT2D eigenvalue weighted by atomic mass is 10.00. The highest BCUT2D eigenvalue weighted by Gasteiger charge is 2.59. The molecule has 148 valence electrons. The van der Waals surface area contributed by atoms with Gasteiger partial charge in [-0.2, -0.15) is 9.37 Å². The Hall–Kier alpha value is -2.21. The Morgan fingerprint density at radius 2 is 2.00 bits per heavy atom. The van der Waals surface area contributed by atoms with Crippen molar-refractivity contribution in [3.8, 4) is 5.88 Å². The summed E-state index contributed by atoms with van der Waals surface area (Å²) < 4.78 is 19.6. The molecule has 28 heavy (non-hydrogen) atoms. The van der Waals surface area contributed by atoms with Gasteiger partial charge in [-0.25, -0.2) is 4.98 Å². The predicted molar refractivity (Wildman–Crippen MR) is 104 cm³/mol. The van der Waals surface area contributed by atoms with E-state index in [1.165, 1.54) is 0 Å². The SMILES string of the molecule is CCC(NC(=O)c1ccc(Cl)cc1)C1C2CC(Oc3nc(C)ncc3F)CC21. The monoisotopic (exact) mass is 403 g/mol. The highest BCUT2D eigenvalue weighted by atomic mass is 35.5. The number of aryl methyl sites for hydroxylation is 1. The summed E-state index contributed by atoms with van der Waals surface area (Å²) in [4.78, 5) is 20.4. The number of aromatic nitrogens is 2. The molecule has 2 aliphatic carbocycles. The highest BCUT2D eigenvalue weighted by molar-refractivity contribution is 6.30. The van der Waals surface area contributed by atoms with E-state index in [2.05, 4.69) is 22.2 Å². The first-order valence-corrected chi connectivity index (χ1v) is 10.1. The molecule has 3 unspecified atom stereocenters. The molecular weight excluding hydrogens is 381 g/mol. The lowest BCUT2D eigenvalue weighted by Crippen LogP contribution is -2.37. The van der Waals surface area contributed by atoms with Crippen LogP contribution in [0, 0.1) is 30.5 Å². The van der Waals surface area contributed by atoms with Crippen LogP contribution in [0.2, 0.25) is 5.02 Å². The standard InChI is InChI=1S/C21H23ClFN3O2/c1-3-18(26-20(27)12-4-6-13(22)7-5-12)19-15-8-14(9-16(15)19)28-21-17(23)10-24-11(2)25-21/h4-7,10,14-16,18-19H,3,8-9H2,1-2H3,(H,26,27). The van der Waals surface area contributed by atoms with E-state index in [0.717, 1.165) is 25.5 Å². The van der Waals surface area contributed by atoms with E-state index >= 15 is 0 Å². The summed E-state index contributed by atoms with van der Waals surface area (Å²) in [5.41, 5.74) is 0.615. The zero-order valence-electron chi connectivity index (χ0n) is 15.9. The molecular formula is C21H23ClFN3O2. The van der Waals surface area contributed by atoms with Gasteiger partial charge in [0.1, 0.15) is 11.9 Å². The van der Waals surface area contributed by atoms with Gasteiger partial charge in [0.15, 0.2) is 0 Å². The van der Waals surface area contributed by atoms with Gasteiger partial charge in [0.25, 0.3) is 11.8 Å². The van der Waals surface area contributed by atoms with E-state index in [-0.39, 0.29) is 23.9 Å². The highest BCUT2D eigenvalue weighted by Crippen LogP contribution is 2.60. The number of amides is 1. The third-order valence-electron chi connectivity index (χ3n) is 5.91. The zero-order chi connectivity index (χ0) is 19.8. The summed E-state index contributed by atoms with van der Waals surface area (Å²) in [5, 5.41) is 3.78. The molecule has 5 nitrogen and oxygen atoms in total. The van der Waals surface area contributed by atoms with E-state index in [4.69, 9.17) is 16.3 Å². The first kappa shape index (κ1) is 19.1. The number of hydrogen-bond acceptors (Lipinski definition) is 4. The number of halogens is 2. The Labute approximate surface area is 168 Å². The number of ether oxygens (including phenoxy) is 1. The van der Waals surface area contributed by atoms with Crippen LogP contribution >= 0.6 is 11.6 Å². The summed E-state index contributed by atoms with van der Waals surface area (Å²) in [5.74, 6) is 1.41. The summed E-state index contributed by atoms with van der Waals surface area (Å²) in [7, 11) is 0. The van der Waals surface area contributed by atoms with Crippen LogP contribution in [-0.4, -0.2) is 28.0 Å². The summed E-state index contributed by atoms with van der Waals surface area (Å²) in [6.07, 6.45) is 3.73. The van der Waals surface area contributed by atoms with E-state index in [1.807, 2.05) is 0 Å². The number of carbonyl (C=O) groups is 1. The largest absolute Gasteiger partial charge is 0.472 e. The smallest absolute Gasteiger partial charge is 0.254 e. The van der Waals surface area contributed by atoms with Crippen molar-refractivity contribution in [2.75, 3.05) is 0 Å². The Balaban J connectivity index is 1.33. The number of benzene rings is 1. The summed E-state index contributed by atoms with van der Waals surface area (Å²) in [6.45, 7) is 3.80. The molecule has 3 atom stereocenters. The molecule has 0 aliphatic heterocycles. The second-order valence-electron chi connectivity index (χ2n) is 7.68. The molecule has 2 aliphatic rings. The average molecular weight is 404 g/mol. The van der Waals surface area contributed by atoms with Crippen LogP contribution in [-0.2, 0) is 0 Å². The van der Waals surface area contributed by atoms with E-state index in [0.29, 0.717) is 34.2 Å². The maximum Gasteiger partial charge on any atom is 0.254 e. The molecule has 1 aromatic carbocycles. The topological polar surface area (TPSA) is 64.1 Å². The maximum absolute atomic E-state index is 13.8. The fraction of sp³-hybridized carbons (Fsp3) is 0.476. The van der Waals surface area contributed by atoms with Crippen molar-refractivity contribution in [3.63, 3.8) is 0 Å². The first-order chi connectivity index (χ1) is 13.5. The van der Waals surface area contributed by atoms with Crippen LogP contribution in [0.1, 0.15) is 42.4 Å². The minimum atomic E-state index is -0.524. The third kappa shape index (κ3) is 3.83. The number of carbonyl (C=O) groups excluding carboxylic acids is 1. The molecule has 4 rings (SSSR count). The fourth-order valence-corrected chi connectivity index (χ4v) is 4.66. The number of nitrogens with zero attached hydrogens (tertiary/aromatic N) is 2. The van der Waals surface area contributed by atoms with Gasteiger partial charge in [0.05, 0.1) is 6.20 Å². The van der Waals surface area contributed by atoms with Crippen LogP contribution in [0.15, 0.2) is 30.5 Å². The van der Waals surface area contributed by atoms with Crippen LogP contribution in [0.25, 0.3) is 0 Å². The van der Waals surface area contributed by atoms with Gasteiger partial charge in [0, 0.05) is 16.6 Å². The second-order valence-corrected chi connectivity index (χ2v) is 8.12. The summed E-state index contributed by atoms with van der Waals surface area (Å²) >= 11 is 5.89.